The lowest BCUT2D eigenvalue weighted by Crippen LogP contribution is -2.57. The Balaban J connectivity index is 2.07. The Kier molecular flexibility index (Phi) is 4.14. The van der Waals surface area contributed by atoms with Gasteiger partial charge in [0.05, 0.1) is 17.9 Å². The molecule has 2 unspecified atom stereocenters. The molecule has 1 aromatic rings. The van der Waals surface area contributed by atoms with E-state index in [1.165, 1.54) is 0 Å². The summed E-state index contributed by atoms with van der Waals surface area (Å²) >= 11 is 0. The van der Waals surface area contributed by atoms with Gasteiger partial charge in [-0.25, -0.2) is 0 Å². The van der Waals surface area contributed by atoms with Crippen LogP contribution in [0.1, 0.15) is 34.1 Å². The third kappa shape index (κ3) is 2.85. The average Bonchev–Trinajstić information content (AvgIpc) is 2.37. The van der Waals surface area contributed by atoms with E-state index in [1.807, 2.05) is 32.0 Å². The van der Waals surface area contributed by atoms with Gasteiger partial charge < -0.3 is 20.5 Å². The molecule has 0 aliphatic heterocycles. The van der Waals surface area contributed by atoms with Crippen molar-refractivity contribution in [3.63, 3.8) is 0 Å². The maximum absolute atomic E-state index is 5.94. The predicted molar refractivity (Wildman–Crippen MR) is 83.2 cm³/mol. The van der Waals surface area contributed by atoms with Crippen molar-refractivity contribution >= 4 is 11.4 Å². The number of ether oxygens (including phenoxy) is 2. The number of hydrogen-bond acceptors (Lipinski definition) is 4. The molecular weight excluding hydrogens is 252 g/mol. The van der Waals surface area contributed by atoms with Crippen molar-refractivity contribution < 1.29 is 9.47 Å². The van der Waals surface area contributed by atoms with E-state index in [0.717, 1.165) is 17.9 Å². The molecule has 1 aromatic carbocycles. The van der Waals surface area contributed by atoms with E-state index in [-0.39, 0.29) is 11.5 Å². The van der Waals surface area contributed by atoms with E-state index in [1.54, 1.807) is 7.11 Å². The summed E-state index contributed by atoms with van der Waals surface area (Å²) in [6.07, 6.45) is 1.46. The molecule has 0 aromatic heterocycles. The number of benzene rings is 1. The van der Waals surface area contributed by atoms with Crippen LogP contribution in [0.3, 0.4) is 0 Å². The Hall–Kier alpha value is -1.42. The van der Waals surface area contributed by atoms with Crippen LogP contribution in [0.5, 0.6) is 5.75 Å². The van der Waals surface area contributed by atoms with E-state index in [4.69, 9.17) is 15.2 Å². The summed E-state index contributed by atoms with van der Waals surface area (Å²) in [6, 6.07) is 6.27. The fourth-order valence-corrected chi connectivity index (χ4v) is 2.71. The monoisotopic (exact) mass is 278 g/mol. The van der Waals surface area contributed by atoms with Gasteiger partial charge in [-0.15, -0.1) is 0 Å². The first-order valence-electron chi connectivity index (χ1n) is 7.20. The topological polar surface area (TPSA) is 56.5 Å². The third-order valence-electron chi connectivity index (χ3n) is 4.18. The Bertz CT molecular complexity index is 472. The summed E-state index contributed by atoms with van der Waals surface area (Å²) < 4.78 is 11.2. The number of hydrogen-bond donors (Lipinski definition) is 2. The second kappa shape index (κ2) is 5.52. The van der Waals surface area contributed by atoms with Gasteiger partial charge in [-0.2, -0.15) is 0 Å². The van der Waals surface area contributed by atoms with Crippen LogP contribution in [-0.4, -0.2) is 25.4 Å². The Morgan fingerprint density at radius 2 is 2.05 bits per heavy atom. The number of nitrogen functional groups attached to an aromatic ring is 1. The van der Waals surface area contributed by atoms with Crippen molar-refractivity contribution in [3.8, 4) is 5.75 Å². The molecule has 1 aliphatic carbocycles. The van der Waals surface area contributed by atoms with Gasteiger partial charge in [0.2, 0.25) is 0 Å². The van der Waals surface area contributed by atoms with E-state index < -0.39 is 0 Å². The maximum Gasteiger partial charge on any atom is 0.144 e. The molecule has 0 bridgehead atoms. The number of methoxy groups -OCH3 is 1. The van der Waals surface area contributed by atoms with Crippen molar-refractivity contribution in [3.05, 3.63) is 18.2 Å². The molecule has 0 heterocycles. The lowest BCUT2D eigenvalue weighted by atomic mass is 9.64. The molecule has 0 spiro atoms. The second-order valence-corrected chi connectivity index (χ2v) is 6.40. The summed E-state index contributed by atoms with van der Waals surface area (Å²) in [6.45, 7) is 8.45. The van der Waals surface area contributed by atoms with E-state index in [2.05, 4.69) is 19.2 Å². The molecule has 20 heavy (non-hydrogen) atoms. The van der Waals surface area contributed by atoms with Crippen molar-refractivity contribution in [2.45, 2.75) is 52.4 Å². The summed E-state index contributed by atoms with van der Waals surface area (Å²) in [5.41, 5.74) is 7.79. The van der Waals surface area contributed by atoms with E-state index >= 15 is 0 Å². The molecule has 0 saturated heterocycles. The number of anilines is 2. The first-order valence-corrected chi connectivity index (χ1v) is 7.20. The van der Waals surface area contributed by atoms with Crippen LogP contribution in [0.15, 0.2) is 18.2 Å². The molecule has 3 N–H and O–H groups in total. The highest BCUT2D eigenvalue weighted by Gasteiger charge is 2.48. The molecule has 2 rings (SSSR count). The summed E-state index contributed by atoms with van der Waals surface area (Å²) in [5.74, 6) is 0.741. The van der Waals surface area contributed by atoms with Crippen molar-refractivity contribution in [1.82, 2.24) is 0 Å². The fourth-order valence-electron chi connectivity index (χ4n) is 2.71. The highest BCUT2D eigenvalue weighted by molar-refractivity contribution is 5.62. The minimum atomic E-state index is 0.116. The van der Waals surface area contributed by atoms with E-state index in [0.29, 0.717) is 17.8 Å². The highest BCUT2D eigenvalue weighted by Crippen LogP contribution is 2.44. The summed E-state index contributed by atoms with van der Waals surface area (Å²) in [5, 5.41) is 3.56. The largest absolute Gasteiger partial charge is 0.489 e. The second-order valence-electron chi connectivity index (χ2n) is 6.40. The van der Waals surface area contributed by atoms with Gasteiger partial charge in [0.15, 0.2) is 0 Å². The van der Waals surface area contributed by atoms with Gasteiger partial charge >= 0.3 is 0 Å². The lowest BCUT2D eigenvalue weighted by molar-refractivity contribution is -0.0794. The number of rotatable bonds is 5. The molecular formula is C16H26N2O2. The van der Waals surface area contributed by atoms with Crippen LogP contribution in [0.4, 0.5) is 11.4 Å². The molecule has 2 atom stereocenters. The number of nitrogens with two attached hydrogens (primary N) is 1. The predicted octanol–water partition coefficient (Wildman–Crippen LogP) is 3.28. The fraction of sp³-hybridized carbons (Fsp3) is 0.625. The van der Waals surface area contributed by atoms with Crippen LogP contribution >= 0.6 is 0 Å². The quantitative estimate of drug-likeness (QED) is 0.812. The maximum atomic E-state index is 5.94. The van der Waals surface area contributed by atoms with Crippen molar-refractivity contribution in [1.29, 1.82) is 0 Å². The smallest absolute Gasteiger partial charge is 0.144 e. The molecule has 112 valence electrons. The molecule has 1 fully saturated rings. The molecule has 0 amide bonds. The van der Waals surface area contributed by atoms with Crippen molar-refractivity contribution in [2.75, 3.05) is 18.2 Å². The molecule has 0 radical (unpaired) electrons. The van der Waals surface area contributed by atoms with E-state index in [9.17, 15) is 0 Å². The molecule has 1 aliphatic rings. The lowest BCUT2D eigenvalue weighted by Gasteiger charge is -2.51. The van der Waals surface area contributed by atoms with Crippen LogP contribution in [0.25, 0.3) is 0 Å². The zero-order valence-electron chi connectivity index (χ0n) is 13.1. The van der Waals surface area contributed by atoms with Gasteiger partial charge in [-0.1, -0.05) is 13.8 Å². The van der Waals surface area contributed by atoms with Gasteiger partial charge in [-0.05, 0) is 32.4 Å². The SMILES string of the molecule is COC1CC(Nc2ccc(N)c(OC(C)C)c2)C1(C)C. The normalized spacial score (nSPS) is 24.3. The molecule has 4 heteroatoms. The highest BCUT2D eigenvalue weighted by atomic mass is 16.5. The summed E-state index contributed by atoms with van der Waals surface area (Å²) in [7, 11) is 1.78. The zero-order valence-corrected chi connectivity index (χ0v) is 13.1. The third-order valence-corrected chi connectivity index (χ3v) is 4.18. The minimum Gasteiger partial charge on any atom is -0.489 e. The van der Waals surface area contributed by atoms with Crippen LogP contribution in [0.2, 0.25) is 0 Å². The first kappa shape index (κ1) is 15.0. The molecule has 1 saturated carbocycles. The van der Waals surface area contributed by atoms with Gasteiger partial charge in [0, 0.05) is 30.3 Å². The molecule has 4 nitrogen and oxygen atoms in total. The van der Waals surface area contributed by atoms with Crippen LogP contribution in [0, 0.1) is 5.41 Å². The van der Waals surface area contributed by atoms with Crippen LogP contribution < -0.4 is 15.8 Å². The Labute approximate surface area is 121 Å². The first-order chi connectivity index (χ1) is 9.34. The zero-order chi connectivity index (χ0) is 14.9. The van der Waals surface area contributed by atoms with Gasteiger partial charge in [0.1, 0.15) is 5.75 Å². The van der Waals surface area contributed by atoms with Crippen LogP contribution in [-0.2, 0) is 4.74 Å². The van der Waals surface area contributed by atoms with Gasteiger partial charge in [0.25, 0.3) is 0 Å². The standard InChI is InChI=1S/C16H26N2O2/c1-10(2)20-13-8-11(6-7-12(13)17)18-14-9-15(19-5)16(14,3)4/h6-8,10,14-15,18H,9,17H2,1-5H3. The minimum absolute atomic E-state index is 0.116. The Morgan fingerprint density at radius 1 is 1.35 bits per heavy atom. The number of nitrogens with one attached hydrogen (secondary N) is 1. The van der Waals surface area contributed by atoms with Crippen molar-refractivity contribution in [2.24, 2.45) is 5.41 Å². The Morgan fingerprint density at radius 3 is 2.60 bits per heavy atom. The summed E-state index contributed by atoms with van der Waals surface area (Å²) in [4.78, 5) is 0. The van der Waals surface area contributed by atoms with Gasteiger partial charge in [-0.3, -0.25) is 0 Å². The average molecular weight is 278 g/mol.